The summed E-state index contributed by atoms with van der Waals surface area (Å²) in [6.45, 7) is 0. The van der Waals surface area contributed by atoms with Crippen molar-refractivity contribution in [3.63, 3.8) is 0 Å². The van der Waals surface area contributed by atoms with Gasteiger partial charge in [-0.1, -0.05) is 42.1 Å². The fourth-order valence-corrected chi connectivity index (χ4v) is 3.17. The standard InChI is InChI=1S/C19H17N5O2S/c25-17(20-13-6-2-1-3-7-13)12-27-19-24-23-18(26-19)11-10-16-21-14-8-4-5-9-15(14)22-16/h1-9H,10-12H2,(H,20,25)(H,21,22). The number of fused-ring (bicyclic) bond motifs is 1. The molecule has 2 aromatic heterocycles. The molecule has 4 aromatic rings. The summed E-state index contributed by atoms with van der Waals surface area (Å²) < 4.78 is 5.60. The zero-order valence-corrected chi connectivity index (χ0v) is 15.2. The van der Waals surface area contributed by atoms with Gasteiger partial charge in [0.25, 0.3) is 5.22 Å². The van der Waals surface area contributed by atoms with Crippen molar-refractivity contribution in [1.82, 2.24) is 20.2 Å². The molecule has 2 aromatic carbocycles. The number of anilines is 1. The normalized spacial score (nSPS) is 11.0. The van der Waals surface area contributed by atoms with Gasteiger partial charge >= 0.3 is 0 Å². The van der Waals surface area contributed by atoms with E-state index in [4.69, 9.17) is 4.42 Å². The lowest BCUT2D eigenvalue weighted by atomic mass is 10.3. The Kier molecular flexibility index (Phi) is 5.15. The lowest BCUT2D eigenvalue weighted by Gasteiger charge is -2.02. The third-order valence-corrected chi connectivity index (χ3v) is 4.67. The maximum absolute atomic E-state index is 12.0. The molecule has 0 aliphatic heterocycles. The lowest BCUT2D eigenvalue weighted by molar-refractivity contribution is -0.113. The fourth-order valence-electron chi connectivity index (χ4n) is 2.59. The molecular weight excluding hydrogens is 362 g/mol. The van der Waals surface area contributed by atoms with Crippen LogP contribution in [0.5, 0.6) is 0 Å². The van der Waals surface area contributed by atoms with Crippen molar-refractivity contribution in [3.05, 3.63) is 66.3 Å². The number of aromatic nitrogens is 4. The Morgan fingerprint density at radius 3 is 2.70 bits per heavy atom. The van der Waals surface area contributed by atoms with Crippen molar-refractivity contribution in [1.29, 1.82) is 0 Å². The zero-order chi connectivity index (χ0) is 18.5. The number of nitrogens with zero attached hydrogens (tertiary/aromatic N) is 3. The number of benzene rings is 2. The molecular formula is C19H17N5O2S. The summed E-state index contributed by atoms with van der Waals surface area (Å²) in [6.07, 6.45) is 1.26. The number of aromatic amines is 1. The third-order valence-electron chi connectivity index (χ3n) is 3.85. The Labute approximate surface area is 159 Å². The van der Waals surface area contributed by atoms with Crippen LogP contribution in [0.1, 0.15) is 11.7 Å². The average molecular weight is 379 g/mol. The summed E-state index contributed by atoms with van der Waals surface area (Å²) in [5.41, 5.74) is 2.72. The Bertz CT molecular complexity index is 1010. The predicted molar refractivity (Wildman–Crippen MR) is 104 cm³/mol. The Morgan fingerprint density at radius 1 is 1.04 bits per heavy atom. The van der Waals surface area contributed by atoms with Gasteiger partial charge in [0, 0.05) is 18.5 Å². The Morgan fingerprint density at radius 2 is 1.85 bits per heavy atom. The van der Waals surface area contributed by atoms with Crippen LogP contribution in [0.4, 0.5) is 5.69 Å². The molecule has 0 aliphatic rings. The molecule has 2 N–H and O–H groups in total. The first-order valence-corrected chi connectivity index (χ1v) is 9.48. The van der Waals surface area contributed by atoms with Crippen LogP contribution < -0.4 is 5.32 Å². The van der Waals surface area contributed by atoms with E-state index >= 15 is 0 Å². The first-order chi connectivity index (χ1) is 13.3. The summed E-state index contributed by atoms with van der Waals surface area (Å²) in [6, 6.07) is 17.2. The number of amides is 1. The van der Waals surface area contributed by atoms with Crippen LogP contribution in [0.3, 0.4) is 0 Å². The first kappa shape index (κ1) is 17.3. The molecule has 0 atom stereocenters. The molecule has 27 heavy (non-hydrogen) atoms. The lowest BCUT2D eigenvalue weighted by Crippen LogP contribution is -2.13. The van der Waals surface area contributed by atoms with Crippen molar-refractivity contribution in [3.8, 4) is 0 Å². The van der Waals surface area contributed by atoms with Gasteiger partial charge < -0.3 is 14.7 Å². The number of carbonyl (C=O) groups is 1. The van der Waals surface area contributed by atoms with E-state index in [1.165, 1.54) is 11.8 Å². The van der Waals surface area contributed by atoms with Gasteiger partial charge in [-0.2, -0.15) is 0 Å². The van der Waals surface area contributed by atoms with E-state index in [1.54, 1.807) is 0 Å². The minimum atomic E-state index is -0.117. The molecule has 0 aliphatic carbocycles. The number of rotatable bonds is 7. The smallest absolute Gasteiger partial charge is 0.277 e. The van der Waals surface area contributed by atoms with Crippen LogP contribution >= 0.6 is 11.8 Å². The van der Waals surface area contributed by atoms with Crippen molar-refractivity contribution >= 4 is 34.4 Å². The molecule has 0 spiro atoms. The van der Waals surface area contributed by atoms with Crippen LogP contribution in [0.15, 0.2) is 64.2 Å². The monoisotopic (exact) mass is 379 g/mol. The van der Waals surface area contributed by atoms with Gasteiger partial charge in [0.15, 0.2) is 0 Å². The maximum atomic E-state index is 12.0. The maximum Gasteiger partial charge on any atom is 0.277 e. The molecule has 7 nitrogen and oxygen atoms in total. The largest absolute Gasteiger partial charge is 0.416 e. The quantitative estimate of drug-likeness (QED) is 0.477. The van der Waals surface area contributed by atoms with Gasteiger partial charge in [-0.3, -0.25) is 4.79 Å². The van der Waals surface area contributed by atoms with E-state index < -0.39 is 0 Å². The van der Waals surface area contributed by atoms with E-state index in [-0.39, 0.29) is 11.7 Å². The van der Waals surface area contributed by atoms with Gasteiger partial charge in [0.1, 0.15) is 5.82 Å². The number of thioether (sulfide) groups is 1. The van der Waals surface area contributed by atoms with Gasteiger partial charge in [-0.05, 0) is 24.3 Å². The molecule has 1 amide bonds. The van der Waals surface area contributed by atoms with Gasteiger partial charge in [0.2, 0.25) is 11.8 Å². The summed E-state index contributed by atoms with van der Waals surface area (Å²) >= 11 is 1.22. The molecule has 4 rings (SSSR count). The minimum Gasteiger partial charge on any atom is -0.416 e. The highest BCUT2D eigenvalue weighted by molar-refractivity contribution is 7.99. The van der Waals surface area contributed by atoms with Gasteiger partial charge in [-0.25, -0.2) is 4.98 Å². The van der Waals surface area contributed by atoms with Crippen LogP contribution in [-0.4, -0.2) is 31.8 Å². The first-order valence-electron chi connectivity index (χ1n) is 8.50. The minimum absolute atomic E-state index is 0.117. The van der Waals surface area contributed by atoms with Crippen molar-refractivity contribution in [2.45, 2.75) is 18.1 Å². The number of para-hydroxylation sites is 3. The van der Waals surface area contributed by atoms with Gasteiger partial charge in [-0.15, -0.1) is 10.2 Å². The topological polar surface area (TPSA) is 96.7 Å². The molecule has 0 bridgehead atoms. The van der Waals surface area contributed by atoms with E-state index in [9.17, 15) is 4.79 Å². The molecule has 0 fully saturated rings. The van der Waals surface area contributed by atoms with Crippen LogP contribution in [0.2, 0.25) is 0 Å². The van der Waals surface area contributed by atoms with E-state index in [0.29, 0.717) is 24.0 Å². The van der Waals surface area contributed by atoms with E-state index in [1.807, 2.05) is 54.6 Å². The summed E-state index contributed by atoms with van der Waals surface area (Å²) in [7, 11) is 0. The summed E-state index contributed by atoms with van der Waals surface area (Å²) in [4.78, 5) is 19.8. The molecule has 0 unspecified atom stereocenters. The molecule has 136 valence electrons. The predicted octanol–water partition coefficient (Wildman–Crippen LogP) is 3.46. The number of carbonyl (C=O) groups excluding carboxylic acids is 1. The zero-order valence-electron chi connectivity index (χ0n) is 14.4. The molecule has 8 heteroatoms. The fraction of sp³-hybridized carbons (Fsp3) is 0.158. The average Bonchev–Trinajstić information content (AvgIpc) is 3.32. The number of hydrogen-bond donors (Lipinski definition) is 2. The Balaban J connectivity index is 1.27. The van der Waals surface area contributed by atoms with Crippen LogP contribution in [-0.2, 0) is 17.6 Å². The van der Waals surface area contributed by atoms with Crippen LogP contribution in [0.25, 0.3) is 11.0 Å². The molecule has 0 saturated heterocycles. The number of imidazole rings is 1. The SMILES string of the molecule is O=C(CSc1nnc(CCc2nc3ccccc3[nH]2)o1)Nc1ccccc1. The highest BCUT2D eigenvalue weighted by Crippen LogP contribution is 2.18. The second kappa shape index (κ2) is 8.05. The highest BCUT2D eigenvalue weighted by atomic mass is 32.2. The van der Waals surface area contributed by atoms with Crippen molar-refractivity contribution in [2.24, 2.45) is 0 Å². The van der Waals surface area contributed by atoms with E-state index in [2.05, 4.69) is 25.5 Å². The second-order valence-electron chi connectivity index (χ2n) is 5.87. The Hall–Kier alpha value is -3.13. The van der Waals surface area contributed by atoms with Crippen molar-refractivity contribution in [2.75, 3.05) is 11.1 Å². The summed E-state index contributed by atoms with van der Waals surface area (Å²) in [5.74, 6) is 1.50. The molecule has 0 saturated carbocycles. The molecule has 0 radical (unpaired) electrons. The number of nitrogens with one attached hydrogen (secondary N) is 2. The third kappa shape index (κ3) is 4.53. The number of aryl methyl sites for hydroxylation is 2. The van der Waals surface area contributed by atoms with Crippen molar-refractivity contribution < 1.29 is 9.21 Å². The number of hydrogen-bond acceptors (Lipinski definition) is 6. The van der Waals surface area contributed by atoms with Crippen LogP contribution in [0, 0.1) is 0 Å². The number of H-pyrrole nitrogens is 1. The molecule has 2 heterocycles. The second-order valence-corrected chi connectivity index (χ2v) is 6.79. The van der Waals surface area contributed by atoms with E-state index in [0.717, 1.165) is 22.5 Å². The van der Waals surface area contributed by atoms with Gasteiger partial charge in [0.05, 0.1) is 16.8 Å². The summed E-state index contributed by atoms with van der Waals surface area (Å²) in [5, 5.41) is 11.2. The highest BCUT2D eigenvalue weighted by Gasteiger charge is 2.11.